The third kappa shape index (κ3) is 8.30. The van der Waals surface area contributed by atoms with E-state index in [1.54, 1.807) is 50.2 Å². The molecule has 234 valence electrons. The Morgan fingerprint density at radius 3 is 2.02 bits per heavy atom. The summed E-state index contributed by atoms with van der Waals surface area (Å²) < 4.78 is 43.7. The Kier molecular flexibility index (Phi) is 10.6. The molecule has 0 saturated heterocycles. The Morgan fingerprint density at radius 2 is 1.44 bits per heavy atom. The molecule has 10 nitrogen and oxygen atoms in total. The van der Waals surface area contributed by atoms with Gasteiger partial charge < -0.3 is 10.2 Å². The van der Waals surface area contributed by atoms with Gasteiger partial charge in [-0.2, -0.15) is 0 Å². The number of amides is 2. The van der Waals surface area contributed by atoms with Crippen molar-refractivity contribution in [3.05, 3.63) is 136 Å². The van der Waals surface area contributed by atoms with E-state index in [0.717, 1.165) is 22.0 Å². The highest BCUT2D eigenvalue weighted by atomic mass is 32.2. The number of benzene rings is 4. The molecule has 0 radical (unpaired) electrons. The third-order valence-electron chi connectivity index (χ3n) is 6.96. The van der Waals surface area contributed by atoms with Gasteiger partial charge in [-0.05, 0) is 49.7 Å². The lowest BCUT2D eigenvalue weighted by Gasteiger charge is -2.34. The monoisotopic (exact) mass is 632 g/mol. The van der Waals surface area contributed by atoms with Crippen LogP contribution in [0.1, 0.15) is 25.0 Å². The summed E-state index contributed by atoms with van der Waals surface area (Å²) in [5.74, 6) is -1.87. The van der Waals surface area contributed by atoms with Crippen molar-refractivity contribution in [1.29, 1.82) is 0 Å². The lowest BCUT2D eigenvalue weighted by Crippen LogP contribution is -2.54. The number of carbonyl (C=O) groups is 2. The number of nitrogens with one attached hydrogen (secondary N) is 1. The number of halogens is 1. The summed E-state index contributed by atoms with van der Waals surface area (Å²) >= 11 is 0. The number of hydrogen-bond donors (Lipinski definition) is 1. The number of non-ortho nitro benzene ring substituents is 1. The molecule has 0 saturated carbocycles. The van der Waals surface area contributed by atoms with Crippen molar-refractivity contribution in [3.63, 3.8) is 0 Å². The summed E-state index contributed by atoms with van der Waals surface area (Å²) in [4.78, 5) is 39.7. The molecule has 0 bridgehead atoms. The maximum Gasteiger partial charge on any atom is 0.269 e. The number of nitro groups is 1. The second-order valence-electron chi connectivity index (χ2n) is 10.6. The van der Waals surface area contributed by atoms with Gasteiger partial charge in [-0.3, -0.25) is 24.0 Å². The average molecular weight is 633 g/mol. The van der Waals surface area contributed by atoms with Crippen LogP contribution in [0.5, 0.6) is 0 Å². The minimum Gasteiger partial charge on any atom is -0.352 e. The predicted molar refractivity (Wildman–Crippen MR) is 168 cm³/mol. The fourth-order valence-electron chi connectivity index (χ4n) is 4.73. The molecular formula is C33H33FN4O6S. The number of rotatable bonds is 13. The molecule has 0 spiro atoms. The first-order valence-corrected chi connectivity index (χ1v) is 15.6. The number of nitro benzene ring substituents is 1. The van der Waals surface area contributed by atoms with Crippen molar-refractivity contribution in [2.24, 2.45) is 0 Å². The van der Waals surface area contributed by atoms with Gasteiger partial charge in [0.1, 0.15) is 18.4 Å². The quantitative estimate of drug-likeness (QED) is 0.161. The van der Waals surface area contributed by atoms with Gasteiger partial charge in [-0.1, -0.05) is 66.7 Å². The van der Waals surface area contributed by atoms with E-state index in [-0.39, 0.29) is 40.8 Å². The molecule has 45 heavy (non-hydrogen) atoms. The van der Waals surface area contributed by atoms with Crippen LogP contribution in [-0.2, 0) is 32.6 Å². The van der Waals surface area contributed by atoms with E-state index < -0.39 is 45.2 Å². The number of hydrogen-bond acceptors (Lipinski definition) is 6. The Labute approximate surface area is 261 Å². The van der Waals surface area contributed by atoms with E-state index in [9.17, 15) is 32.5 Å². The first-order chi connectivity index (χ1) is 21.5. The number of anilines is 1. The summed E-state index contributed by atoms with van der Waals surface area (Å²) in [5.41, 5.74) is 0.595. The summed E-state index contributed by atoms with van der Waals surface area (Å²) in [6.07, 6.45) is 0.0720. The van der Waals surface area contributed by atoms with Crippen LogP contribution >= 0.6 is 0 Å². The van der Waals surface area contributed by atoms with Crippen LogP contribution in [0.4, 0.5) is 15.8 Å². The van der Waals surface area contributed by atoms with Gasteiger partial charge in [0, 0.05) is 36.7 Å². The Morgan fingerprint density at radius 1 is 0.867 bits per heavy atom. The Bertz CT molecular complexity index is 1740. The molecule has 0 fully saturated rings. The summed E-state index contributed by atoms with van der Waals surface area (Å²) in [6, 6.07) is 25.6. The van der Waals surface area contributed by atoms with Gasteiger partial charge in [0.2, 0.25) is 11.8 Å². The fraction of sp³-hybridized carbons (Fsp3) is 0.212. The lowest BCUT2D eigenvalue weighted by molar-refractivity contribution is -0.384. The third-order valence-corrected chi connectivity index (χ3v) is 8.75. The second kappa shape index (κ2) is 14.6. The Hall–Kier alpha value is -5.10. The molecule has 1 N–H and O–H groups in total. The van der Waals surface area contributed by atoms with Crippen LogP contribution < -0.4 is 9.62 Å². The van der Waals surface area contributed by atoms with Crippen molar-refractivity contribution in [1.82, 2.24) is 10.2 Å². The van der Waals surface area contributed by atoms with Crippen LogP contribution in [-0.4, -0.2) is 48.7 Å². The van der Waals surface area contributed by atoms with Crippen LogP contribution in [0.15, 0.2) is 114 Å². The largest absolute Gasteiger partial charge is 0.352 e. The molecule has 4 aromatic rings. The molecule has 0 aromatic heterocycles. The minimum absolute atomic E-state index is 0.00474. The number of sulfonamides is 1. The first-order valence-electron chi connectivity index (χ1n) is 14.2. The van der Waals surface area contributed by atoms with Gasteiger partial charge in [0.15, 0.2) is 0 Å². The van der Waals surface area contributed by atoms with Gasteiger partial charge in [-0.15, -0.1) is 0 Å². The van der Waals surface area contributed by atoms with E-state index in [1.807, 2.05) is 6.07 Å². The molecule has 0 aliphatic carbocycles. The van der Waals surface area contributed by atoms with Crippen molar-refractivity contribution < 1.29 is 27.3 Å². The zero-order chi connectivity index (χ0) is 32.6. The second-order valence-corrected chi connectivity index (χ2v) is 12.4. The summed E-state index contributed by atoms with van der Waals surface area (Å²) in [5, 5.41) is 14.1. The smallest absolute Gasteiger partial charge is 0.269 e. The SMILES string of the molecule is CC(C)NC(=O)[C@@H](Cc1ccccc1)N(Cc1ccccc1F)C(=O)CN(c1ccc([N+](=O)[O-])cc1)S(=O)(=O)c1ccccc1. The average Bonchev–Trinajstić information content (AvgIpc) is 3.02. The molecule has 4 rings (SSSR count). The van der Waals surface area contributed by atoms with Crippen molar-refractivity contribution in [2.45, 2.75) is 43.8 Å². The van der Waals surface area contributed by atoms with Gasteiger partial charge in [-0.25, -0.2) is 12.8 Å². The molecule has 0 heterocycles. The van der Waals surface area contributed by atoms with E-state index in [2.05, 4.69) is 5.32 Å². The topological polar surface area (TPSA) is 130 Å². The predicted octanol–water partition coefficient (Wildman–Crippen LogP) is 5.09. The van der Waals surface area contributed by atoms with Crippen LogP contribution in [0, 0.1) is 15.9 Å². The highest BCUT2D eigenvalue weighted by Gasteiger charge is 2.35. The normalized spacial score (nSPS) is 11.9. The molecular weight excluding hydrogens is 599 g/mol. The molecule has 4 aromatic carbocycles. The molecule has 1 atom stereocenters. The maximum absolute atomic E-state index is 15.0. The van der Waals surface area contributed by atoms with Crippen LogP contribution in [0.3, 0.4) is 0 Å². The van der Waals surface area contributed by atoms with Crippen LogP contribution in [0.25, 0.3) is 0 Å². The standard InChI is InChI=1S/C33H33FN4O6S/c1-24(2)35-33(40)31(21-25-11-5-3-6-12-25)36(22-26-13-9-10-16-30(26)34)32(39)23-37(27-17-19-28(20-18-27)38(41)42)45(43,44)29-14-7-4-8-15-29/h3-20,24,31H,21-23H2,1-2H3,(H,35,40)/t31-/m1/s1. The van der Waals surface area contributed by atoms with Gasteiger partial charge in [0.05, 0.1) is 15.5 Å². The highest BCUT2D eigenvalue weighted by Crippen LogP contribution is 2.27. The van der Waals surface area contributed by atoms with E-state index in [4.69, 9.17) is 0 Å². The number of carbonyl (C=O) groups excluding carboxylic acids is 2. The molecule has 0 aliphatic heterocycles. The van der Waals surface area contributed by atoms with E-state index in [0.29, 0.717) is 0 Å². The summed E-state index contributed by atoms with van der Waals surface area (Å²) in [7, 11) is -4.38. The van der Waals surface area contributed by atoms with Crippen LogP contribution in [0.2, 0.25) is 0 Å². The molecule has 0 aliphatic rings. The first kappa shape index (κ1) is 32.8. The zero-order valence-corrected chi connectivity index (χ0v) is 25.6. The zero-order valence-electron chi connectivity index (χ0n) is 24.7. The van der Waals surface area contributed by atoms with Gasteiger partial charge in [0.25, 0.3) is 15.7 Å². The van der Waals surface area contributed by atoms with Crippen molar-refractivity contribution in [2.75, 3.05) is 10.8 Å². The molecule has 12 heteroatoms. The maximum atomic E-state index is 15.0. The lowest BCUT2D eigenvalue weighted by atomic mass is 10.0. The Balaban J connectivity index is 1.82. The molecule has 0 unspecified atom stereocenters. The highest BCUT2D eigenvalue weighted by molar-refractivity contribution is 7.92. The van der Waals surface area contributed by atoms with Crippen molar-refractivity contribution >= 4 is 33.2 Å². The van der Waals surface area contributed by atoms with Crippen molar-refractivity contribution in [3.8, 4) is 0 Å². The fourth-order valence-corrected chi connectivity index (χ4v) is 6.17. The summed E-state index contributed by atoms with van der Waals surface area (Å²) in [6.45, 7) is 2.43. The minimum atomic E-state index is -4.38. The van der Waals surface area contributed by atoms with E-state index >= 15 is 0 Å². The van der Waals surface area contributed by atoms with E-state index in [1.165, 1.54) is 59.5 Å². The number of nitrogens with zero attached hydrogens (tertiary/aromatic N) is 3. The van der Waals surface area contributed by atoms with Gasteiger partial charge >= 0.3 is 0 Å². The molecule has 2 amide bonds.